The number of furan rings is 1. The minimum Gasteiger partial charge on any atom is -0.496 e. The van der Waals surface area contributed by atoms with E-state index in [9.17, 15) is 4.79 Å². The van der Waals surface area contributed by atoms with E-state index in [2.05, 4.69) is 10.3 Å². The van der Waals surface area contributed by atoms with E-state index in [1.807, 2.05) is 80.6 Å². The quantitative estimate of drug-likeness (QED) is 0.261. The van der Waals surface area contributed by atoms with E-state index in [4.69, 9.17) is 20.8 Å². The molecule has 0 aliphatic rings. The van der Waals surface area contributed by atoms with Gasteiger partial charge in [-0.3, -0.25) is 9.78 Å². The predicted molar refractivity (Wildman–Crippen MR) is 142 cm³/mol. The maximum atomic E-state index is 13.0. The highest BCUT2D eigenvalue weighted by Crippen LogP contribution is 2.37. The number of hydrogen-bond acceptors (Lipinski definition) is 4. The number of aryl methyl sites for hydroxylation is 1. The zero-order valence-electron chi connectivity index (χ0n) is 19.6. The molecular weight excluding hydrogens is 460 g/mol. The average molecular weight is 483 g/mol. The number of nitrogens with zero attached hydrogens (tertiary/aromatic N) is 1. The molecule has 5 nitrogen and oxygen atoms in total. The third-order valence-electron chi connectivity index (χ3n) is 5.93. The third-order valence-corrected chi connectivity index (χ3v) is 6.18. The number of nitrogens with one attached hydrogen (secondary N) is 1. The van der Waals surface area contributed by atoms with Crippen LogP contribution in [0.3, 0.4) is 0 Å². The van der Waals surface area contributed by atoms with E-state index in [1.54, 1.807) is 19.4 Å². The van der Waals surface area contributed by atoms with Crippen LogP contribution in [0.4, 0.5) is 5.69 Å². The molecular formula is C29H23ClN2O3. The van der Waals surface area contributed by atoms with Crippen LogP contribution >= 0.6 is 11.6 Å². The van der Waals surface area contributed by atoms with Crippen LogP contribution in [0.1, 0.15) is 18.2 Å². The number of benzene rings is 3. The molecule has 0 spiro atoms. The molecule has 1 N–H and O–H groups in total. The Morgan fingerprint density at radius 3 is 2.60 bits per heavy atom. The summed E-state index contributed by atoms with van der Waals surface area (Å²) in [4.78, 5) is 17.5. The fourth-order valence-corrected chi connectivity index (χ4v) is 4.37. The number of carbonyl (C=O) groups is 1. The zero-order valence-corrected chi connectivity index (χ0v) is 20.3. The van der Waals surface area contributed by atoms with Gasteiger partial charge in [-0.1, -0.05) is 41.9 Å². The molecule has 35 heavy (non-hydrogen) atoms. The van der Waals surface area contributed by atoms with Gasteiger partial charge in [0.1, 0.15) is 11.3 Å². The number of carbonyl (C=O) groups excluding carboxylic acids is 1. The smallest absolute Gasteiger partial charge is 0.248 e. The van der Waals surface area contributed by atoms with E-state index >= 15 is 0 Å². The number of methoxy groups -OCH3 is 1. The van der Waals surface area contributed by atoms with Crippen molar-refractivity contribution in [2.75, 3.05) is 12.4 Å². The number of anilines is 1. The lowest BCUT2D eigenvalue weighted by Crippen LogP contribution is -2.09. The maximum absolute atomic E-state index is 13.0. The fourth-order valence-electron chi connectivity index (χ4n) is 4.24. The standard InChI is InChI=1S/C29H23ClN2O3/c1-17(12-29(33)32-26-13-18(2)31-25-7-5-4-6-21(25)26)22-14-23-24(19-8-10-20(30)11-9-19)16-35-28(23)15-27(22)34-3/h4-16H,1-3H3,(H,31,32,33)/b17-12+. The van der Waals surface area contributed by atoms with Crippen LogP contribution < -0.4 is 10.1 Å². The van der Waals surface area contributed by atoms with Crippen LogP contribution in [0.2, 0.25) is 5.02 Å². The molecule has 0 saturated heterocycles. The topological polar surface area (TPSA) is 64.4 Å². The summed E-state index contributed by atoms with van der Waals surface area (Å²) in [6.45, 7) is 3.80. The molecule has 0 bridgehead atoms. The minimum atomic E-state index is -0.231. The number of para-hydroxylation sites is 1. The van der Waals surface area contributed by atoms with Crippen LogP contribution in [0.15, 0.2) is 83.5 Å². The number of ether oxygens (including phenoxy) is 1. The van der Waals surface area contributed by atoms with Gasteiger partial charge in [0.05, 0.1) is 24.6 Å². The molecule has 0 radical (unpaired) electrons. The number of hydrogen-bond donors (Lipinski definition) is 1. The van der Waals surface area contributed by atoms with Crippen molar-refractivity contribution in [3.05, 3.63) is 95.3 Å². The van der Waals surface area contributed by atoms with Gasteiger partial charge in [-0.05, 0) is 55.3 Å². The summed E-state index contributed by atoms with van der Waals surface area (Å²) in [6.07, 6.45) is 3.30. The summed E-state index contributed by atoms with van der Waals surface area (Å²) in [5.41, 5.74) is 6.60. The minimum absolute atomic E-state index is 0.231. The van der Waals surface area contributed by atoms with Gasteiger partial charge in [0.25, 0.3) is 0 Å². The second kappa shape index (κ2) is 9.28. The van der Waals surface area contributed by atoms with Crippen molar-refractivity contribution in [3.8, 4) is 16.9 Å². The number of fused-ring (bicyclic) bond motifs is 2. The summed E-state index contributed by atoms with van der Waals surface area (Å²) >= 11 is 6.06. The molecule has 6 heteroatoms. The summed E-state index contributed by atoms with van der Waals surface area (Å²) in [5.74, 6) is 0.395. The average Bonchev–Trinajstić information content (AvgIpc) is 3.26. The van der Waals surface area contributed by atoms with Crippen LogP contribution in [0, 0.1) is 6.92 Å². The molecule has 5 aromatic rings. The van der Waals surface area contributed by atoms with Crippen LogP contribution in [-0.4, -0.2) is 18.0 Å². The summed E-state index contributed by atoms with van der Waals surface area (Å²) in [6, 6.07) is 21.1. The third kappa shape index (κ3) is 4.51. The lowest BCUT2D eigenvalue weighted by Gasteiger charge is -2.11. The Morgan fingerprint density at radius 1 is 1.06 bits per heavy atom. The lowest BCUT2D eigenvalue weighted by atomic mass is 9.99. The van der Waals surface area contributed by atoms with Crippen LogP contribution in [-0.2, 0) is 4.79 Å². The zero-order chi connectivity index (χ0) is 24.5. The van der Waals surface area contributed by atoms with E-state index in [-0.39, 0.29) is 5.91 Å². The Morgan fingerprint density at radius 2 is 1.83 bits per heavy atom. The van der Waals surface area contributed by atoms with Gasteiger partial charge in [0.2, 0.25) is 5.91 Å². The van der Waals surface area contributed by atoms with Gasteiger partial charge < -0.3 is 14.5 Å². The molecule has 1 amide bonds. The largest absolute Gasteiger partial charge is 0.496 e. The predicted octanol–water partition coefficient (Wildman–Crippen LogP) is 7.66. The normalized spacial score (nSPS) is 11.7. The van der Waals surface area contributed by atoms with Crippen LogP contribution in [0.25, 0.3) is 38.6 Å². The summed E-state index contributed by atoms with van der Waals surface area (Å²) < 4.78 is 11.4. The van der Waals surface area contributed by atoms with Gasteiger partial charge in [-0.15, -0.1) is 0 Å². The van der Waals surface area contributed by atoms with Gasteiger partial charge in [0, 0.05) is 44.8 Å². The molecule has 0 saturated carbocycles. The molecule has 0 fully saturated rings. The first kappa shape index (κ1) is 22.7. The Balaban J connectivity index is 1.51. The van der Waals surface area contributed by atoms with Gasteiger partial charge in [-0.2, -0.15) is 0 Å². The number of allylic oxidation sites excluding steroid dienone is 1. The number of aromatic nitrogens is 1. The second-order valence-corrected chi connectivity index (χ2v) is 8.79. The van der Waals surface area contributed by atoms with E-state index in [0.717, 1.165) is 49.9 Å². The highest BCUT2D eigenvalue weighted by atomic mass is 35.5. The van der Waals surface area contributed by atoms with Gasteiger partial charge in [0.15, 0.2) is 0 Å². The van der Waals surface area contributed by atoms with E-state index in [1.165, 1.54) is 0 Å². The highest BCUT2D eigenvalue weighted by molar-refractivity contribution is 6.30. The highest BCUT2D eigenvalue weighted by Gasteiger charge is 2.15. The molecule has 0 unspecified atom stereocenters. The first-order chi connectivity index (χ1) is 16.9. The van der Waals surface area contributed by atoms with Gasteiger partial charge in [-0.25, -0.2) is 0 Å². The first-order valence-corrected chi connectivity index (χ1v) is 11.5. The first-order valence-electron chi connectivity index (χ1n) is 11.1. The number of rotatable bonds is 5. The lowest BCUT2D eigenvalue weighted by molar-refractivity contribution is -0.111. The maximum Gasteiger partial charge on any atom is 0.248 e. The number of pyridine rings is 1. The van der Waals surface area contributed by atoms with Crippen molar-refractivity contribution in [3.63, 3.8) is 0 Å². The number of amides is 1. The molecule has 2 heterocycles. The Kier molecular flexibility index (Phi) is 6.01. The molecule has 0 aliphatic heterocycles. The van der Waals surface area contributed by atoms with E-state index < -0.39 is 0 Å². The number of halogens is 1. The van der Waals surface area contributed by atoms with Crippen molar-refractivity contribution >= 4 is 50.6 Å². The Bertz CT molecular complexity index is 1600. The molecule has 0 atom stereocenters. The molecule has 0 aliphatic carbocycles. The van der Waals surface area contributed by atoms with Gasteiger partial charge >= 0.3 is 0 Å². The van der Waals surface area contributed by atoms with E-state index in [0.29, 0.717) is 16.4 Å². The fraction of sp³-hybridized carbons (Fsp3) is 0.103. The summed E-state index contributed by atoms with van der Waals surface area (Å²) in [5, 5.41) is 5.50. The molecule has 2 aromatic heterocycles. The van der Waals surface area contributed by atoms with Crippen LogP contribution in [0.5, 0.6) is 5.75 Å². The monoisotopic (exact) mass is 482 g/mol. The van der Waals surface area contributed by atoms with Crippen molar-refractivity contribution in [1.82, 2.24) is 4.98 Å². The van der Waals surface area contributed by atoms with Crippen molar-refractivity contribution in [1.29, 1.82) is 0 Å². The molecule has 174 valence electrons. The molecule has 5 rings (SSSR count). The van der Waals surface area contributed by atoms with Crippen molar-refractivity contribution in [2.45, 2.75) is 13.8 Å². The Hall–Kier alpha value is -4.09. The summed E-state index contributed by atoms with van der Waals surface area (Å²) in [7, 11) is 1.60. The Labute approximate surface area is 208 Å². The second-order valence-electron chi connectivity index (χ2n) is 8.35. The molecule has 3 aromatic carbocycles. The SMILES string of the molecule is COc1cc2occ(-c3ccc(Cl)cc3)c2cc1/C(C)=C/C(=O)Nc1cc(C)nc2ccccc12. The van der Waals surface area contributed by atoms with Crippen molar-refractivity contribution < 1.29 is 13.9 Å². The van der Waals surface area contributed by atoms with Crippen molar-refractivity contribution in [2.24, 2.45) is 0 Å².